The van der Waals surface area contributed by atoms with E-state index < -0.39 is 0 Å². The molecule has 1 saturated heterocycles. The standard InChI is InChI=1S/C17H20N4O/c22-17(19-12-14-6-9-18-10-7-14)21-11-8-16(13-21)20-15-4-2-1-3-5-15/h1-7,9-10,16,20H,8,11-13H2,(H,19,22)/t16-/m1/s1. The number of nitrogens with one attached hydrogen (secondary N) is 2. The number of hydrogen-bond donors (Lipinski definition) is 2. The zero-order valence-electron chi connectivity index (χ0n) is 12.4. The Hall–Kier alpha value is -2.56. The van der Waals surface area contributed by atoms with Gasteiger partial charge in [0.25, 0.3) is 0 Å². The number of urea groups is 1. The van der Waals surface area contributed by atoms with Crippen molar-refractivity contribution in [2.45, 2.75) is 19.0 Å². The average molecular weight is 296 g/mol. The van der Waals surface area contributed by atoms with Gasteiger partial charge >= 0.3 is 6.03 Å². The van der Waals surface area contributed by atoms with Crippen LogP contribution in [0, 0.1) is 0 Å². The van der Waals surface area contributed by atoms with Crippen molar-refractivity contribution in [3.8, 4) is 0 Å². The third-order valence-corrected chi connectivity index (χ3v) is 3.81. The van der Waals surface area contributed by atoms with Crippen LogP contribution in [0.1, 0.15) is 12.0 Å². The fraction of sp³-hybridized carbons (Fsp3) is 0.294. The molecule has 5 nitrogen and oxygen atoms in total. The van der Waals surface area contributed by atoms with Crippen molar-refractivity contribution >= 4 is 11.7 Å². The van der Waals surface area contributed by atoms with Gasteiger partial charge in [-0.15, -0.1) is 0 Å². The number of amides is 2. The minimum Gasteiger partial charge on any atom is -0.380 e. The van der Waals surface area contributed by atoms with E-state index in [4.69, 9.17) is 0 Å². The van der Waals surface area contributed by atoms with Crippen LogP contribution in [0.2, 0.25) is 0 Å². The molecule has 5 heteroatoms. The van der Waals surface area contributed by atoms with E-state index in [1.54, 1.807) is 12.4 Å². The monoisotopic (exact) mass is 296 g/mol. The summed E-state index contributed by atoms with van der Waals surface area (Å²) in [6.07, 6.45) is 4.44. The first kappa shape index (κ1) is 14.4. The second-order valence-electron chi connectivity index (χ2n) is 5.46. The van der Waals surface area contributed by atoms with Gasteiger partial charge in [0, 0.05) is 43.8 Å². The lowest BCUT2D eigenvalue weighted by atomic mass is 10.2. The molecule has 22 heavy (non-hydrogen) atoms. The van der Waals surface area contributed by atoms with E-state index in [0.717, 1.165) is 30.8 Å². The predicted octanol–water partition coefficient (Wildman–Crippen LogP) is 2.48. The normalized spacial score (nSPS) is 17.3. The summed E-state index contributed by atoms with van der Waals surface area (Å²) in [5, 5.41) is 6.43. The summed E-state index contributed by atoms with van der Waals surface area (Å²) >= 11 is 0. The zero-order valence-corrected chi connectivity index (χ0v) is 12.4. The van der Waals surface area contributed by atoms with Crippen LogP contribution >= 0.6 is 0 Å². The molecule has 1 aliphatic heterocycles. The second kappa shape index (κ2) is 6.93. The minimum atomic E-state index is -0.00539. The Balaban J connectivity index is 1.46. The molecule has 2 amide bonds. The average Bonchev–Trinajstić information content (AvgIpc) is 3.03. The number of carbonyl (C=O) groups excluding carboxylic acids is 1. The molecule has 114 valence electrons. The van der Waals surface area contributed by atoms with Gasteiger partial charge in [-0.25, -0.2) is 4.79 Å². The van der Waals surface area contributed by atoms with Crippen molar-refractivity contribution in [2.75, 3.05) is 18.4 Å². The second-order valence-corrected chi connectivity index (χ2v) is 5.46. The van der Waals surface area contributed by atoms with Crippen LogP contribution < -0.4 is 10.6 Å². The molecule has 1 aliphatic rings. The Kier molecular flexibility index (Phi) is 4.53. The predicted molar refractivity (Wildman–Crippen MR) is 86.5 cm³/mol. The first-order chi connectivity index (χ1) is 10.8. The van der Waals surface area contributed by atoms with Crippen molar-refractivity contribution < 1.29 is 4.79 Å². The molecule has 2 heterocycles. The van der Waals surface area contributed by atoms with E-state index in [1.807, 2.05) is 47.4 Å². The molecule has 1 fully saturated rings. The van der Waals surface area contributed by atoms with Gasteiger partial charge in [0.15, 0.2) is 0 Å². The molecule has 1 aromatic heterocycles. The number of aromatic nitrogens is 1. The lowest BCUT2D eigenvalue weighted by Gasteiger charge is -2.18. The molecule has 0 aliphatic carbocycles. The van der Waals surface area contributed by atoms with Crippen molar-refractivity contribution in [1.29, 1.82) is 0 Å². The quantitative estimate of drug-likeness (QED) is 0.911. The van der Waals surface area contributed by atoms with Crippen molar-refractivity contribution in [3.63, 3.8) is 0 Å². The van der Waals surface area contributed by atoms with Crippen LogP contribution in [0.25, 0.3) is 0 Å². The maximum absolute atomic E-state index is 12.2. The number of benzene rings is 1. The van der Waals surface area contributed by atoms with Crippen molar-refractivity contribution in [1.82, 2.24) is 15.2 Å². The third kappa shape index (κ3) is 3.75. The number of nitrogens with zero attached hydrogens (tertiary/aromatic N) is 2. The lowest BCUT2D eigenvalue weighted by molar-refractivity contribution is 0.208. The summed E-state index contributed by atoms with van der Waals surface area (Å²) in [7, 11) is 0. The van der Waals surface area contributed by atoms with Crippen LogP contribution in [0.4, 0.5) is 10.5 Å². The Morgan fingerprint density at radius 2 is 1.95 bits per heavy atom. The first-order valence-corrected chi connectivity index (χ1v) is 7.54. The molecule has 1 aromatic carbocycles. The molecule has 0 saturated carbocycles. The number of anilines is 1. The van der Waals surface area contributed by atoms with Crippen LogP contribution in [0.5, 0.6) is 0 Å². The summed E-state index contributed by atoms with van der Waals surface area (Å²) in [5.41, 5.74) is 2.16. The molecule has 2 aromatic rings. The Morgan fingerprint density at radius 3 is 2.73 bits per heavy atom. The SMILES string of the molecule is O=C(NCc1ccncc1)N1CC[C@@H](Nc2ccccc2)C1. The van der Waals surface area contributed by atoms with Gasteiger partial charge in [-0.3, -0.25) is 4.98 Å². The molecular formula is C17H20N4O. The highest BCUT2D eigenvalue weighted by Crippen LogP contribution is 2.15. The number of likely N-dealkylation sites (tertiary alicyclic amines) is 1. The third-order valence-electron chi connectivity index (χ3n) is 3.81. The van der Waals surface area contributed by atoms with E-state index in [-0.39, 0.29) is 6.03 Å². The molecule has 0 unspecified atom stereocenters. The van der Waals surface area contributed by atoms with Crippen molar-refractivity contribution in [3.05, 3.63) is 60.4 Å². The van der Waals surface area contributed by atoms with Crippen molar-refractivity contribution in [2.24, 2.45) is 0 Å². The van der Waals surface area contributed by atoms with Gasteiger partial charge in [0.1, 0.15) is 0 Å². The van der Waals surface area contributed by atoms with E-state index >= 15 is 0 Å². The molecule has 3 rings (SSSR count). The summed E-state index contributed by atoms with van der Waals surface area (Å²) in [6.45, 7) is 2.05. The van der Waals surface area contributed by atoms with Gasteiger partial charge < -0.3 is 15.5 Å². The topological polar surface area (TPSA) is 57.3 Å². The number of carbonyl (C=O) groups is 1. The van der Waals surface area contributed by atoms with Gasteiger partial charge in [0.2, 0.25) is 0 Å². The van der Waals surface area contributed by atoms with Gasteiger partial charge in [0.05, 0.1) is 0 Å². The van der Waals surface area contributed by atoms with E-state index in [0.29, 0.717) is 12.6 Å². The number of para-hydroxylation sites is 1. The Morgan fingerprint density at radius 1 is 1.18 bits per heavy atom. The highest BCUT2D eigenvalue weighted by Gasteiger charge is 2.25. The van der Waals surface area contributed by atoms with E-state index in [9.17, 15) is 4.79 Å². The first-order valence-electron chi connectivity index (χ1n) is 7.54. The number of hydrogen-bond acceptors (Lipinski definition) is 3. The largest absolute Gasteiger partial charge is 0.380 e. The summed E-state index contributed by atoms with van der Waals surface area (Å²) in [4.78, 5) is 18.0. The fourth-order valence-electron chi connectivity index (χ4n) is 2.62. The number of pyridine rings is 1. The van der Waals surface area contributed by atoms with Crippen LogP contribution in [0.3, 0.4) is 0 Å². The minimum absolute atomic E-state index is 0.00539. The van der Waals surface area contributed by atoms with Crippen LogP contribution in [-0.2, 0) is 6.54 Å². The summed E-state index contributed by atoms with van der Waals surface area (Å²) in [6, 6.07) is 14.2. The highest BCUT2D eigenvalue weighted by atomic mass is 16.2. The fourth-order valence-corrected chi connectivity index (χ4v) is 2.62. The molecule has 1 atom stereocenters. The maximum atomic E-state index is 12.2. The van der Waals surface area contributed by atoms with Crippen LogP contribution in [0.15, 0.2) is 54.9 Å². The Bertz CT molecular complexity index is 603. The zero-order chi connectivity index (χ0) is 15.2. The molecule has 0 bridgehead atoms. The van der Waals surface area contributed by atoms with E-state index in [2.05, 4.69) is 15.6 Å². The smallest absolute Gasteiger partial charge is 0.317 e. The molecule has 0 radical (unpaired) electrons. The molecule has 0 spiro atoms. The lowest BCUT2D eigenvalue weighted by Crippen LogP contribution is -2.39. The van der Waals surface area contributed by atoms with Gasteiger partial charge in [-0.05, 0) is 36.2 Å². The Labute approximate surface area is 130 Å². The summed E-state index contributed by atoms with van der Waals surface area (Å²) in [5.74, 6) is 0. The maximum Gasteiger partial charge on any atom is 0.317 e. The van der Waals surface area contributed by atoms with E-state index in [1.165, 1.54) is 0 Å². The van der Waals surface area contributed by atoms with Gasteiger partial charge in [-0.2, -0.15) is 0 Å². The van der Waals surface area contributed by atoms with Crippen LogP contribution in [-0.4, -0.2) is 35.0 Å². The summed E-state index contributed by atoms with van der Waals surface area (Å²) < 4.78 is 0. The van der Waals surface area contributed by atoms with Gasteiger partial charge in [-0.1, -0.05) is 18.2 Å². The highest BCUT2D eigenvalue weighted by molar-refractivity contribution is 5.74. The number of rotatable bonds is 4. The molecular weight excluding hydrogens is 276 g/mol. The molecule has 2 N–H and O–H groups in total.